The highest BCUT2D eigenvalue weighted by Crippen LogP contribution is 2.18. The number of rotatable bonds is 4. The van der Waals surface area contributed by atoms with Crippen LogP contribution in [0.15, 0.2) is 28.7 Å². The quantitative estimate of drug-likeness (QED) is 0.804. The van der Waals surface area contributed by atoms with Crippen molar-refractivity contribution in [3.05, 3.63) is 44.3 Å². The van der Waals surface area contributed by atoms with Crippen molar-refractivity contribution in [2.24, 2.45) is 0 Å². The van der Waals surface area contributed by atoms with Gasteiger partial charge in [0.25, 0.3) is 0 Å². The molecule has 84 valence electrons. The Morgan fingerprint density at radius 1 is 1.25 bits per heavy atom. The Morgan fingerprint density at radius 2 is 2.06 bits per heavy atom. The van der Waals surface area contributed by atoms with Crippen LogP contribution in [-0.2, 0) is 12.8 Å². The van der Waals surface area contributed by atoms with E-state index >= 15 is 0 Å². The molecule has 0 saturated heterocycles. The van der Waals surface area contributed by atoms with E-state index in [1.54, 1.807) is 11.3 Å². The first-order valence-electron chi connectivity index (χ1n) is 4.89. The number of halogens is 2. The molecule has 0 aliphatic heterocycles. The van der Waals surface area contributed by atoms with Crippen LogP contribution in [0, 0.1) is 0 Å². The Bertz CT molecular complexity index is 473. The van der Waals surface area contributed by atoms with Gasteiger partial charge in [0, 0.05) is 23.2 Å². The fourth-order valence-corrected chi connectivity index (χ4v) is 2.98. The number of nitrogens with zero attached hydrogens (tertiary/aromatic N) is 2. The normalized spacial score (nSPS) is 10.6. The van der Waals surface area contributed by atoms with Crippen molar-refractivity contribution < 1.29 is 0 Å². The molecule has 2 rings (SSSR count). The smallest absolute Gasteiger partial charge is 0.121 e. The van der Waals surface area contributed by atoms with E-state index in [1.165, 1.54) is 5.56 Å². The van der Waals surface area contributed by atoms with E-state index in [0.717, 1.165) is 27.3 Å². The molecule has 2 nitrogen and oxygen atoms in total. The van der Waals surface area contributed by atoms with Crippen molar-refractivity contribution in [2.45, 2.75) is 12.8 Å². The molecule has 16 heavy (non-hydrogen) atoms. The minimum atomic E-state index is 0.603. The van der Waals surface area contributed by atoms with Crippen molar-refractivity contribution in [3.63, 3.8) is 0 Å². The molecule has 0 fully saturated rings. The molecule has 0 N–H and O–H groups in total. The number of benzene rings is 1. The molecule has 0 saturated carbocycles. The molecular weight excluding hydrogens is 308 g/mol. The Balaban J connectivity index is 2.08. The van der Waals surface area contributed by atoms with Gasteiger partial charge in [-0.05, 0) is 17.7 Å². The molecule has 0 spiro atoms. The maximum absolute atomic E-state index is 5.66. The van der Waals surface area contributed by atoms with Gasteiger partial charge in [0.05, 0.1) is 0 Å². The van der Waals surface area contributed by atoms with E-state index in [4.69, 9.17) is 11.6 Å². The number of hydrogen-bond donors (Lipinski definition) is 0. The van der Waals surface area contributed by atoms with Crippen LogP contribution < -0.4 is 0 Å². The number of aromatic nitrogens is 2. The third-order valence-electron chi connectivity index (χ3n) is 2.06. The van der Waals surface area contributed by atoms with E-state index in [9.17, 15) is 0 Å². The number of alkyl halides is 1. The molecule has 0 aliphatic carbocycles. The van der Waals surface area contributed by atoms with Gasteiger partial charge in [0.15, 0.2) is 0 Å². The lowest BCUT2D eigenvalue weighted by molar-refractivity contribution is 0.948. The zero-order valence-electron chi connectivity index (χ0n) is 8.49. The first-order chi connectivity index (χ1) is 7.78. The van der Waals surface area contributed by atoms with Gasteiger partial charge in [0.2, 0.25) is 0 Å². The average Bonchev–Trinajstić information content (AvgIpc) is 2.66. The second-order valence-electron chi connectivity index (χ2n) is 3.34. The summed E-state index contributed by atoms with van der Waals surface area (Å²) in [6.07, 6.45) is 1.64. The summed E-state index contributed by atoms with van der Waals surface area (Å²) in [5.74, 6) is 0.603. The SMILES string of the molecule is ClCCc1nnc(Cc2cccc(Br)c2)s1. The van der Waals surface area contributed by atoms with Gasteiger partial charge in [-0.15, -0.1) is 33.1 Å². The van der Waals surface area contributed by atoms with Crippen LogP contribution in [0.2, 0.25) is 0 Å². The van der Waals surface area contributed by atoms with Crippen LogP contribution >= 0.6 is 38.9 Å². The molecule has 1 heterocycles. The van der Waals surface area contributed by atoms with Gasteiger partial charge >= 0.3 is 0 Å². The van der Waals surface area contributed by atoms with Crippen LogP contribution in [0.3, 0.4) is 0 Å². The van der Waals surface area contributed by atoms with Gasteiger partial charge in [-0.1, -0.05) is 28.1 Å². The highest BCUT2D eigenvalue weighted by Gasteiger charge is 2.04. The zero-order chi connectivity index (χ0) is 11.4. The second kappa shape index (κ2) is 5.75. The number of hydrogen-bond acceptors (Lipinski definition) is 3. The first kappa shape index (κ1) is 12.0. The summed E-state index contributed by atoms with van der Waals surface area (Å²) >= 11 is 10.8. The number of aryl methyl sites for hydroxylation is 1. The highest BCUT2D eigenvalue weighted by molar-refractivity contribution is 9.10. The first-order valence-corrected chi connectivity index (χ1v) is 7.04. The monoisotopic (exact) mass is 316 g/mol. The molecule has 0 aliphatic rings. The molecule has 0 radical (unpaired) electrons. The van der Waals surface area contributed by atoms with Crippen molar-refractivity contribution in [1.82, 2.24) is 10.2 Å². The third kappa shape index (κ3) is 3.27. The Hall–Kier alpha value is -0.450. The topological polar surface area (TPSA) is 25.8 Å². The van der Waals surface area contributed by atoms with Crippen molar-refractivity contribution >= 4 is 38.9 Å². The summed E-state index contributed by atoms with van der Waals surface area (Å²) < 4.78 is 1.09. The van der Waals surface area contributed by atoms with E-state index in [-0.39, 0.29) is 0 Å². The predicted molar refractivity (Wildman–Crippen MR) is 71.3 cm³/mol. The minimum Gasteiger partial charge on any atom is -0.144 e. The summed E-state index contributed by atoms with van der Waals surface area (Å²) in [5, 5.41) is 10.3. The summed E-state index contributed by atoms with van der Waals surface area (Å²) in [5.41, 5.74) is 1.24. The maximum Gasteiger partial charge on any atom is 0.121 e. The Kier molecular flexibility index (Phi) is 4.32. The van der Waals surface area contributed by atoms with Crippen LogP contribution in [0.5, 0.6) is 0 Å². The van der Waals surface area contributed by atoms with Crippen LogP contribution in [-0.4, -0.2) is 16.1 Å². The summed E-state index contributed by atoms with van der Waals surface area (Å²) in [6, 6.07) is 8.23. The van der Waals surface area contributed by atoms with E-state index in [1.807, 2.05) is 12.1 Å². The second-order valence-corrected chi connectivity index (χ2v) is 5.78. The van der Waals surface area contributed by atoms with Gasteiger partial charge in [-0.2, -0.15) is 0 Å². The van der Waals surface area contributed by atoms with E-state index in [2.05, 4.69) is 38.3 Å². The minimum absolute atomic E-state index is 0.603. The summed E-state index contributed by atoms with van der Waals surface area (Å²) in [7, 11) is 0. The van der Waals surface area contributed by atoms with Crippen LogP contribution in [0.1, 0.15) is 15.6 Å². The molecule has 2 aromatic rings. The van der Waals surface area contributed by atoms with Gasteiger partial charge in [-0.25, -0.2) is 0 Å². The molecule has 0 amide bonds. The molecule has 1 aromatic carbocycles. The highest BCUT2D eigenvalue weighted by atomic mass is 79.9. The molecular formula is C11H10BrClN2S. The Labute approximate surface area is 112 Å². The van der Waals surface area contributed by atoms with Crippen molar-refractivity contribution in [2.75, 3.05) is 5.88 Å². The Morgan fingerprint density at radius 3 is 2.81 bits per heavy atom. The molecule has 0 unspecified atom stereocenters. The van der Waals surface area contributed by atoms with Gasteiger partial charge in [-0.3, -0.25) is 0 Å². The molecule has 0 atom stereocenters. The van der Waals surface area contributed by atoms with E-state index < -0.39 is 0 Å². The standard InChI is InChI=1S/C11H10BrClN2S/c12-9-3-1-2-8(6-9)7-11-15-14-10(16-11)4-5-13/h1-3,6H,4-5,7H2. The third-order valence-corrected chi connectivity index (χ3v) is 3.73. The fraction of sp³-hybridized carbons (Fsp3) is 0.273. The summed E-state index contributed by atoms with van der Waals surface area (Å²) in [4.78, 5) is 0. The lowest BCUT2D eigenvalue weighted by Crippen LogP contribution is -1.86. The predicted octanol–water partition coefficient (Wildman–Crippen LogP) is 3.67. The van der Waals surface area contributed by atoms with Crippen molar-refractivity contribution in [1.29, 1.82) is 0 Å². The van der Waals surface area contributed by atoms with Crippen LogP contribution in [0.4, 0.5) is 0 Å². The molecule has 0 bridgehead atoms. The van der Waals surface area contributed by atoms with Crippen LogP contribution in [0.25, 0.3) is 0 Å². The largest absolute Gasteiger partial charge is 0.144 e. The lowest BCUT2D eigenvalue weighted by Gasteiger charge is -1.97. The van der Waals surface area contributed by atoms with Gasteiger partial charge < -0.3 is 0 Å². The van der Waals surface area contributed by atoms with Crippen molar-refractivity contribution in [3.8, 4) is 0 Å². The maximum atomic E-state index is 5.66. The zero-order valence-corrected chi connectivity index (χ0v) is 11.6. The average molecular weight is 318 g/mol. The lowest BCUT2D eigenvalue weighted by atomic mass is 10.2. The molecule has 1 aromatic heterocycles. The summed E-state index contributed by atoms with van der Waals surface area (Å²) in [6.45, 7) is 0. The fourth-order valence-electron chi connectivity index (χ4n) is 1.36. The molecule has 5 heteroatoms. The van der Waals surface area contributed by atoms with Gasteiger partial charge in [0.1, 0.15) is 10.0 Å². The van der Waals surface area contributed by atoms with E-state index in [0.29, 0.717) is 5.88 Å².